The molecule has 4 aromatic rings. The molecule has 6 nitrogen and oxygen atoms in total. The SMILES string of the molecule is CCCCN1C(=O)c2oc3cc(C)c(C)cc3c(=O)c2C12C(=O)N(Cc1cccc(C)c1)c1ccccc12. The number of benzene rings is 3. The van der Waals surface area contributed by atoms with Crippen LogP contribution in [0.25, 0.3) is 11.0 Å². The summed E-state index contributed by atoms with van der Waals surface area (Å²) in [6.07, 6.45) is 1.53. The third-order valence-corrected chi connectivity index (χ3v) is 8.01. The van der Waals surface area contributed by atoms with Crippen LogP contribution in [-0.4, -0.2) is 23.3 Å². The number of anilines is 1. The molecule has 2 aliphatic rings. The van der Waals surface area contributed by atoms with Crippen molar-refractivity contribution in [3.63, 3.8) is 0 Å². The summed E-state index contributed by atoms with van der Waals surface area (Å²) in [5.74, 6) is -0.729. The highest BCUT2D eigenvalue weighted by atomic mass is 16.3. The van der Waals surface area contributed by atoms with Gasteiger partial charge in [0.25, 0.3) is 11.8 Å². The molecule has 1 spiro atoms. The van der Waals surface area contributed by atoms with E-state index in [0.717, 1.165) is 28.7 Å². The van der Waals surface area contributed by atoms with Crippen LogP contribution >= 0.6 is 0 Å². The van der Waals surface area contributed by atoms with Gasteiger partial charge in [-0.15, -0.1) is 0 Å². The number of amides is 2. The van der Waals surface area contributed by atoms with Crippen LogP contribution in [0, 0.1) is 20.8 Å². The maximum Gasteiger partial charge on any atom is 0.291 e. The van der Waals surface area contributed by atoms with Gasteiger partial charge in [-0.05, 0) is 62.1 Å². The number of para-hydroxylation sites is 1. The molecule has 3 heterocycles. The Balaban J connectivity index is 1.65. The molecule has 0 aliphatic carbocycles. The first kappa shape index (κ1) is 24.2. The molecule has 2 aliphatic heterocycles. The average molecular weight is 507 g/mol. The Labute approximate surface area is 221 Å². The van der Waals surface area contributed by atoms with Crippen molar-refractivity contribution in [1.82, 2.24) is 4.90 Å². The van der Waals surface area contributed by atoms with Crippen molar-refractivity contribution in [2.75, 3.05) is 11.4 Å². The molecule has 0 saturated carbocycles. The lowest BCUT2D eigenvalue weighted by atomic mass is 9.83. The van der Waals surface area contributed by atoms with Gasteiger partial charge < -0.3 is 14.2 Å². The summed E-state index contributed by atoms with van der Waals surface area (Å²) in [6.45, 7) is 8.61. The summed E-state index contributed by atoms with van der Waals surface area (Å²) in [5, 5.41) is 0.388. The molecule has 0 bridgehead atoms. The van der Waals surface area contributed by atoms with Crippen molar-refractivity contribution >= 4 is 28.5 Å². The van der Waals surface area contributed by atoms with E-state index in [1.165, 1.54) is 0 Å². The molecule has 2 amide bonds. The standard InChI is InChI=1S/C32H30N2O4/c1-5-6-14-34-30(36)29-27(28(35)23-16-20(3)21(4)17-26(23)38-29)32(34)24-12-7-8-13-25(24)33(31(32)37)18-22-11-9-10-19(2)15-22/h7-13,15-17H,5-6,14,18H2,1-4H3. The summed E-state index contributed by atoms with van der Waals surface area (Å²) in [5.41, 5.74) is 3.98. The monoisotopic (exact) mass is 506 g/mol. The van der Waals surface area contributed by atoms with Gasteiger partial charge in [0.2, 0.25) is 5.76 Å². The third-order valence-electron chi connectivity index (χ3n) is 8.01. The molecule has 6 heteroatoms. The minimum atomic E-state index is -1.56. The van der Waals surface area contributed by atoms with Gasteiger partial charge in [-0.3, -0.25) is 14.4 Å². The summed E-state index contributed by atoms with van der Waals surface area (Å²) < 4.78 is 6.20. The topological polar surface area (TPSA) is 70.8 Å². The van der Waals surface area contributed by atoms with E-state index in [2.05, 4.69) is 6.07 Å². The van der Waals surface area contributed by atoms with Crippen LogP contribution < -0.4 is 10.3 Å². The third kappa shape index (κ3) is 3.22. The quantitative estimate of drug-likeness (QED) is 0.345. The minimum Gasteiger partial charge on any atom is -0.450 e. The van der Waals surface area contributed by atoms with Gasteiger partial charge in [0.15, 0.2) is 11.0 Å². The van der Waals surface area contributed by atoms with Gasteiger partial charge in [-0.1, -0.05) is 61.4 Å². The Bertz CT molecular complexity index is 1700. The Hall–Kier alpha value is -4.19. The number of carbonyl (C=O) groups excluding carboxylic acids is 2. The van der Waals surface area contributed by atoms with E-state index in [0.29, 0.717) is 41.7 Å². The number of rotatable bonds is 5. The van der Waals surface area contributed by atoms with E-state index in [1.54, 1.807) is 21.9 Å². The van der Waals surface area contributed by atoms with E-state index in [1.807, 2.05) is 70.2 Å². The second-order valence-electron chi connectivity index (χ2n) is 10.5. The fourth-order valence-electron chi connectivity index (χ4n) is 6.01. The van der Waals surface area contributed by atoms with Gasteiger partial charge in [-0.2, -0.15) is 0 Å². The van der Waals surface area contributed by atoms with E-state index in [9.17, 15) is 14.4 Å². The zero-order chi connectivity index (χ0) is 26.8. The number of hydrogen-bond donors (Lipinski definition) is 0. The summed E-state index contributed by atoms with van der Waals surface area (Å²) in [7, 11) is 0. The highest BCUT2D eigenvalue weighted by molar-refractivity contribution is 6.17. The molecule has 3 aromatic carbocycles. The highest BCUT2D eigenvalue weighted by Crippen LogP contribution is 2.53. The van der Waals surface area contributed by atoms with Gasteiger partial charge in [-0.25, -0.2) is 0 Å². The van der Waals surface area contributed by atoms with Crippen LogP contribution in [0.3, 0.4) is 0 Å². The van der Waals surface area contributed by atoms with Crippen molar-refractivity contribution in [2.24, 2.45) is 0 Å². The van der Waals surface area contributed by atoms with Gasteiger partial charge >= 0.3 is 0 Å². The predicted molar refractivity (Wildman–Crippen MR) is 147 cm³/mol. The molecule has 0 N–H and O–H groups in total. The van der Waals surface area contributed by atoms with Crippen molar-refractivity contribution in [1.29, 1.82) is 0 Å². The maximum atomic E-state index is 14.7. The van der Waals surface area contributed by atoms with Crippen molar-refractivity contribution in [3.8, 4) is 0 Å². The Morgan fingerprint density at radius 2 is 1.66 bits per heavy atom. The van der Waals surface area contributed by atoms with Crippen LogP contribution in [-0.2, 0) is 16.9 Å². The first-order chi connectivity index (χ1) is 18.3. The molecule has 0 radical (unpaired) electrons. The predicted octanol–water partition coefficient (Wildman–Crippen LogP) is 5.76. The zero-order valence-electron chi connectivity index (χ0n) is 22.1. The number of unbranched alkanes of at least 4 members (excludes halogenated alkanes) is 1. The second-order valence-corrected chi connectivity index (χ2v) is 10.5. The van der Waals surface area contributed by atoms with Crippen molar-refractivity contribution in [2.45, 2.75) is 52.6 Å². The van der Waals surface area contributed by atoms with Crippen LogP contribution in [0.4, 0.5) is 5.69 Å². The molecule has 192 valence electrons. The Morgan fingerprint density at radius 3 is 2.42 bits per heavy atom. The normalized spacial score (nSPS) is 18.1. The lowest BCUT2D eigenvalue weighted by Gasteiger charge is -2.34. The fourth-order valence-corrected chi connectivity index (χ4v) is 6.01. The van der Waals surface area contributed by atoms with E-state index in [4.69, 9.17) is 4.42 Å². The molecule has 38 heavy (non-hydrogen) atoms. The number of fused-ring (bicyclic) bond motifs is 5. The van der Waals surface area contributed by atoms with Crippen molar-refractivity contribution < 1.29 is 14.0 Å². The van der Waals surface area contributed by atoms with E-state index < -0.39 is 11.4 Å². The summed E-state index contributed by atoms with van der Waals surface area (Å²) in [6, 6.07) is 19.2. The van der Waals surface area contributed by atoms with Crippen LogP contribution in [0.2, 0.25) is 0 Å². The molecular weight excluding hydrogens is 476 g/mol. The minimum absolute atomic E-state index is 0.0255. The summed E-state index contributed by atoms with van der Waals surface area (Å²) >= 11 is 0. The van der Waals surface area contributed by atoms with Gasteiger partial charge in [0.05, 0.1) is 23.2 Å². The molecular formula is C32H30N2O4. The van der Waals surface area contributed by atoms with Crippen LogP contribution in [0.5, 0.6) is 0 Å². The van der Waals surface area contributed by atoms with Crippen LogP contribution in [0.1, 0.15) is 63.7 Å². The largest absolute Gasteiger partial charge is 0.450 e. The molecule has 0 saturated heterocycles. The maximum absolute atomic E-state index is 14.7. The van der Waals surface area contributed by atoms with Crippen molar-refractivity contribution in [3.05, 3.63) is 110 Å². The molecule has 1 atom stereocenters. The Kier molecular flexibility index (Phi) is 5.53. The molecule has 1 aromatic heterocycles. The number of hydrogen-bond acceptors (Lipinski definition) is 4. The fraction of sp³-hybridized carbons (Fsp3) is 0.281. The molecule has 0 fully saturated rings. The lowest BCUT2D eigenvalue weighted by Crippen LogP contribution is -2.53. The van der Waals surface area contributed by atoms with Crippen LogP contribution in [0.15, 0.2) is 69.9 Å². The first-order valence-corrected chi connectivity index (χ1v) is 13.2. The zero-order valence-corrected chi connectivity index (χ0v) is 22.1. The average Bonchev–Trinajstić information content (AvgIpc) is 3.28. The van der Waals surface area contributed by atoms with Gasteiger partial charge in [0, 0.05) is 12.1 Å². The number of nitrogens with zero attached hydrogens (tertiary/aromatic N) is 2. The van der Waals surface area contributed by atoms with E-state index in [-0.39, 0.29) is 22.7 Å². The lowest BCUT2D eigenvalue weighted by molar-refractivity contribution is -0.126. The summed E-state index contributed by atoms with van der Waals surface area (Å²) in [4.78, 5) is 46.3. The number of aryl methyl sites for hydroxylation is 3. The Morgan fingerprint density at radius 1 is 0.895 bits per heavy atom. The van der Waals surface area contributed by atoms with Gasteiger partial charge in [0.1, 0.15) is 5.58 Å². The highest BCUT2D eigenvalue weighted by Gasteiger charge is 2.64. The second kappa shape index (κ2) is 8.69. The van der Waals surface area contributed by atoms with E-state index >= 15 is 0 Å². The first-order valence-electron chi connectivity index (χ1n) is 13.2. The smallest absolute Gasteiger partial charge is 0.291 e. The molecule has 6 rings (SSSR count). The molecule has 1 unspecified atom stereocenters. The number of carbonyl (C=O) groups is 2.